The van der Waals surface area contributed by atoms with Gasteiger partial charge in [0.2, 0.25) is 0 Å². The van der Waals surface area contributed by atoms with E-state index in [0.717, 1.165) is 83.9 Å². The predicted octanol–water partition coefficient (Wildman–Crippen LogP) is 13.6. The quantitative estimate of drug-likeness (QED) is 0.164. The second-order valence-electron chi connectivity index (χ2n) is 15.0. The van der Waals surface area contributed by atoms with E-state index in [-0.39, 0.29) is 11.2 Å². The van der Waals surface area contributed by atoms with E-state index in [1.807, 2.05) is 18.2 Å². The molecule has 10 rings (SSSR count). The molecule has 1 heterocycles. The van der Waals surface area contributed by atoms with Crippen LogP contribution in [0, 0.1) is 0 Å². The Morgan fingerprint density at radius 2 is 0.804 bits per heavy atom. The summed E-state index contributed by atoms with van der Waals surface area (Å²) in [5.74, 6) is 0.0739. The maximum absolute atomic E-state index is 14.2. The number of para-hydroxylation sites is 4. The third-order valence-electron chi connectivity index (χ3n) is 11.3. The largest absolute Gasteiger partial charge is 0.310 e. The Morgan fingerprint density at radius 1 is 0.393 bits per heavy atom. The van der Waals surface area contributed by atoms with E-state index in [9.17, 15) is 4.79 Å². The first-order valence-electron chi connectivity index (χ1n) is 19.2. The second kappa shape index (κ2) is 13.3. The van der Waals surface area contributed by atoms with E-state index in [2.05, 4.69) is 210 Å². The molecule has 9 aromatic rings. The lowest BCUT2D eigenvalue weighted by Crippen LogP contribution is -2.30. The molecule has 56 heavy (non-hydrogen) atoms. The predicted molar refractivity (Wildman–Crippen MR) is 232 cm³/mol. The first-order chi connectivity index (χ1) is 27.5. The van der Waals surface area contributed by atoms with E-state index >= 15 is 0 Å². The van der Waals surface area contributed by atoms with Gasteiger partial charge in [0.1, 0.15) is 0 Å². The van der Waals surface area contributed by atoms with Crippen LogP contribution in [-0.2, 0) is 5.41 Å². The van der Waals surface area contributed by atoms with E-state index in [1.165, 1.54) is 0 Å². The molecule has 8 aromatic carbocycles. The summed E-state index contributed by atoms with van der Waals surface area (Å²) in [7, 11) is 0. The fraction of sp³-hybridized carbons (Fsp3) is 0.0577. The normalized spacial score (nSPS) is 13.0. The zero-order valence-electron chi connectivity index (χ0n) is 31.3. The van der Waals surface area contributed by atoms with E-state index in [1.54, 1.807) is 0 Å². The van der Waals surface area contributed by atoms with E-state index < -0.39 is 0 Å². The molecule has 0 bridgehead atoms. The number of nitrogens with zero attached hydrogens (tertiary/aromatic N) is 3. The maximum atomic E-state index is 14.2. The number of rotatable bonds is 7. The van der Waals surface area contributed by atoms with Gasteiger partial charge in [-0.25, -0.2) is 0 Å². The molecule has 0 saturated heterocycles. The molecule has 0 aliphatic heterocycles. The smallest absolute Gasteiger partial charge is 0.193 e. The van der Waals surface area contributed by atoms with Gasteiger partial charge >= 0.3 is 0 Å². The van der Waals surface area contributed by atoms with Crippen LogP contribution < -0.4 is 9.80 Å². The molecule has 0 N–H and O–H groups in total. The van der Waals surface area contributed by atoms with Gasteiger partial charge in [-0.2, -0.15) is 0 Å². The van der Waals surface area contributed by atoms with Crippen molar-refractivity contribution in [1.82, 2.24) is 4.57 Å². The Kier molecular flexibility index (Phi) is 7.93. The van der Waals surface area contributed by atoms with Crippen molar-refractivity contribution in [3.63, 3.8) is 0 Å². The number of aromatic nitrogens is 1. The third-order valence-corrected chi connectivity index (χ3v) is 11.3. The van der Waals surface area contributed by atoms with Crippen LogP contribution in [0.25, 0.3) is 27.5 Å². The molecule has 0 spiro atoms. The molecule has 0 saturated carbocycles. The summed E-state index contributed by atoms with van der Waals surface area (Å²) in [6, 6.07) is 70.1. The average Bonchev–Trinajstić information content (AvgIpc) is 3.57. The Bertz CT molecular complexity index is 2680. The Balaban J connectivity index is 1.23. The van der Waals surface area contributed by atoms with Crippen LogP contribution in [0.2, 0.25) is 0 Å². The van der Waals surface area contributed by atoms with Crippen molar-refractivity contribution in [2.45, 2.75) is 19.3 Å². The molecular formula is C52H39N3O. The molecule has 0 fully saturated rings. The van der Waals surface area contributed by atoms with Crippen molar-refractivity contribution in [2.75, 3.05) is 9.80 Å². The number of fused-ring (bicyclic) bond motifs is 5. The molecule has 268 valence electrons. The van der Waals surface area contributed by atoms with Crippen molar-refractivity contribution in [3.05, 3.63) is 222 Å². The van der Waals surface area contributed by atoms with Gasteiger partial charge in [-0.05, 0) is 108 Å². The summed E-state index contributed by atoms with van der Waals surface area (Å²) in [5, 5.41) is 2.24. The molecule has 4 nitrogen and oxygen atoms in total. The third kappa shape index (κ3) is 5.41. The van der Waals surface area contributed by atoms with Crippen LogP contribution in [0.15, 0.2) is 200 Å². The standard InChI is InChI=1S/C52H39N3O/c1-52(2)47-26-16-15-25-43(47)51(56)46-35-42(27-30-48(46)52)55-49-31-28-40(53(36-17-7-3-8-18-36)37-19-9-4-10-20-37)33-44(49)45-34-41(29-32-50(45)55)54(38-21-11-5-12-22-38)39-23-13-6-14-24-39/h3-35H,1-2H3. The minimum Gasteiger partial charge on any atom is -0.310 e. The number of carbonyl (C=O) groups excluding carboxylic acids is 1. The Hall–Kier alpha value is -7.17. The monoisotopic (exact) mass is 721 g/mol. The summed E-state index contributed by atoms with van der Waals surface area (Å²) in [5.41, 5.74) is 12.9. The number of anilines is 6. The lowest BCUT2D eigenvalue weighted by molar-refractivity contribution is 0.103. The Labute approximate surface area is 327 Å². The molecule has 1 aromatic heterocycles. The summed E-state index contributed by atoms with van der Waals surface area (Å²) in [4.78, 5) is 18.8. The highest BCUT2D eigenvalue weighted by molar-refractivity contribution is 6.15. The van der Waals surface area contributed by atoms with Crippen molar-refractivity contribution in [3.8, 4) is 5.69 Å². The fourth-order valence-corrected chi connectivity index (χ4v) is 8.68. The van der Waals surface area contributed by atoms with Gasteiger partial charge in [-0.3, -0.25) is 4.79 Å². The van der Waals surface area contributed by atoms with E-state index in [0.29, 0.717) is 0 Å². The summed E-state index contributed by atoms with van der Waals surface area (Å²) in [6.45, 7) is 4.44. The number of benzene rings is 8. The van der Waals surface area contributed by atoms with E-state index in [4.69, 9.17) is 0 Å². The van der Waals surface area contributed by atoms with Gasteiger partial charge < -0.3 is 14.4 Å². The topological polar surface area (TPSA) is 28.5 Å². The van der Waals surface area contributed by atoms with Gasteiger partial charge in [0.15, 0.2) is 5.78 Å². The molecule has 0 radical (unpaired) electrons. The van der Waals surface area contributed by atoms with Crippen molar-refractivity contribution in [2.24, 2.45) is 0 Å². The zero-order valence-corrected chi connectivity index (χ0v) is 31.3. The van der Waals surface area contributed by atoms with Crippen molar-refractivity contribution >= 4 is 61.7 Å². The molecule has 0 atom stereocenters. The molecule has 1 aliphatic carbocycles. The van der Waals surface area contributed by atoms with Crippen LogP contribution >= 0.6 is 0 Å². The van der Waals surface area contributed by atoms with Crippen molar-refractivity contribution in [1.29, 1.82) is 0 Å². The number of carbonyl (C=O) groups is 1. The average molecular weight is 722 g/mol. The van der Waals surface area contributed by atoms with Gasteiger partial charge in [-0.1, -0.05) is 117 Å². The minimum absolute atomic E-state index is 0.0739. The zero-order chi connectivity index (χ0) is 37.8. The number of hydrogen-bond donors (Lipinski definition) is 0. The van der Waals surface area contributed by atoms with Crippen LogP contribution in [0.5, 0.6) is 0 Å². The molecule has 1 aliphatic rings. The van der Waals surface area contributed by atoms with Gasteiger partial charge in [-0.15, -0.1) is 0 Å². The first kappa shape index (κ1) is 33.4. The van der Waals surface area contributed by atoms with Gasteiger partial charge in [0.05, 0.1) is 11.0 Å². The summed E-state index contributed by atoms with van der Waals surface area (Å²) >= 11 is 0. The number of hydrogen-bond acceptors (Lipinski definition) is 3. The van der Waals surface area contributed by atoms with Crippen molar-refractivity contribution < 1.29 is 4.79 Å². The lowest BCUT2D eigenvalue weighted by Gasteiger charge is -2.34. The molecular weight excluding hydrogens is 683 g/mol. The SMILES string of the molecule is CC1(C)c2ccccc2C(=O)c2cc(-n3c4ccc(N(c5ccccc5)c5ccccc5)cc4c4cc(N(c5ccccc5)c5ccccc5)ccc43)ccc21. The van der Waals surface area contributed by atoms with Crippen LogP contribution in [0.1, 0.15) is 40.9 Å². The van der Waals surface area contributed by atoms with Gasteiger partial charge in [0.25, 0.3) is 0 Å². The maximum Gasteiger partial charge on any atom is 0.193 e. The van der Waals surface area contributed by atoms with Gasteiger partial charge in [0, 0.05) is 67.1 Å². The minimum atomic E-state index is -0.306. The van der Waals surface area contributed by atoms with Crippen LogP contribution in [0.4, 0.5) is 34.1 Å². The van der Waals surface area contributed by atoms with Crippen LogP contribution in [0.3, 0.4) is 0 Å². The molecule has 0 amide bonds. The fourth-order valence-electron chi connectivity index (χ4n) is 8.68. The second-order valence-corrected chi connectivity index (χ2v) is 15.0. The highest BCUT2D eigenvalue weighted by atomic mass is 16.1. The first-order valence-corrected chi connectivity index (χ1v) is 19.2. The summed E-state index contributed by atoms with van der Waals surface area (Å²) < 4.78 is 2.32. The highest BCUT2D eigenvalue weighted by Crippen LogP contribution is 2.45. The molecule has 0 unspecified atom stereocenters. The highest BCUT2D eigenvalue weighted by Gasteiger charge is 2.36. The van der Waals surface area contributed by atoms with Crippen LogP contribution in [-0.4, -0.2) is 10.4 Å². The lowest BCUT2D eigenvalue weighted by atomic mass is 9.68. The Morgan fingerprint density at radius 3 is 1.27 bits per heavy atom. The summed E-state index contributed by atoms with van der Waals surface area (Å²) in [6.07, 6.45) is 0. The number of ketones is 1. The molecule has 4 heteroatoms.